The van der Waals surface area contributed by atoms with Gasteiger partial charge in [-0.2, -0.15) is 5.10 Å². The van der Waals surface area contributed by atoms with Gasteiger partial charge in [-0.3, -0.25) is 14.7 Å². The molecule has 3 rings (SSSR count). The minimum absolute atomic E-state index is 0.0115. The summed E-state index contributed by atoms with van der Waals surface area (Å²) in [7, 11) is 1.20. The lowest BCUT2D eigenvalue weighted by Crippen LogP contribution is -2.32. The molecular weight excluding hydrogens is 427 g/mol. The number of nitrogens with zero attached hydrogens (tertiary/aromatic N) is 1. The van der Waals surface area contributed by atoms with E-state index in [0.717, 1.165) is 6.07 Å². The van der Waals surface area contributed by atoms with E-state index in [1.807, 2.05) is 0 Å². The van der Waals surface area contributed by atoms with Crippen LogP contribution >= 0.6 is 11.6 Å². The summed E-state index contributed by atoms with van der Waals surface area (Å²) < 4.78 is 19.1. The zero-order valence-electron chi connectivity index (χ0n) is 16.3. The van der Waals surface area contributed by atoms with Gasteiger partial charge in [0.15, 0.2) is 0 Å². The van der Waals surface area contributed by atoms with E-state index in [9.17, 15) is 18.8 Å². The first kappa shape index (κ1) is 22.0. The maximum Gasteiger partial charge on any atom is 0.337 e. The Morgan fingerprint density at radius 3 is 2.71 bits per heavy atom. The second kappa shape index (κ2) is 9.40. The van der Waals surface area contributed by atoms with E-state index in [-0.39, 0.29) is 28.8 Å². The maximum absolute atomic E-state index is 14.5. The van der Waals surface area contributed by atoms with Crippen LogP contribution in [0.2, 0.25) is 5.02 Å². The van der Waals surface area contributed by atoms with E-state index in [0.29, 0.717) is 10.6 Å². The number of carbonyl (C=O) groups is 3. The molecule has 160 valence electrons. The largest absolute Gasteiger partial charge is 0.465 e. The van der Waals surface area contributed by atoms with Crippen LogP contribution in [0.1, 0.15) is 38.7 Å². The molecule has 0 bridgehead atoms. The Labute approximate surface area is 181 Å². The number of primary amides is 1. The second-order valence-electron chi connectivity index (χ2n) is 6.60. The molecule has 1 atom stereocenters. The summed E-state index contributed by atoms with van der Waals surface area (Å²) in [6.07, 6.45) is 1.04. The van der Waals surface area contributed by atoms with Crippen molar-refractivity contribution < 1.29 is 23.5 Å². The van der Waals surface area contributed by atoms with E-state index in [1.165, 1.54) is 25.4 Å². The Hall–Kier alpha value is -3.72. The Kier molecular flexibility index (Phi) is 6.66. The van der Waals surface area contributed by atoms with Gasteiger partial charge in [-0.25, -0.2) is 9.18 Å². The van der Waals surface area contributed by atoms with Gasteiger partial charge in [0.25, 0.3) is 5.91 Å². The van der Waals surface area contributed by atoms with Crippen molar-refractivity contribution >= 4 is 29.4 Å². The van der Waals surface area contributed by atoms with Gasteiger partial charge in [-0.1, -0.05) is 23.7 Å². The highest BCUT2D eigenvalue weighted by Gasteiger charge is 2.23. The molecule has 3 aromatic rings. The molecule has 4 N–H and O–H groups in total. The van der Waals surface area contributed by atoms with Gasteiger partial charge in [0.2, 0.25) is 5.91 Å². The van der Waals surface area contributed by atoms with Crippen molar-refractivity contribution in [2.24, 2.45) is 5.73 Å². The summed E-state index contributed by atoms with van der Waals surface area (Å²) in [4.78, 5) is 36.3. The molecule has 8 nitrogen and oxygen atoms in total. The van der Waals surface area contributed by atoms with Crippen LogP contribution in [0.15, 0.2) is 48.7 Å². The molecule has 10 heteroatoms. The van der Waals surface area contributed by atoms with Crippen molar-refractivity contribution in [3.05, 3.63) is 76.2 Å². The fraction of sp³-hybridized carbons (Fsp3) is 0.143. The first-order chi connectivity index (χ1) is 14.8. The Morgan fingerprint density at radius 2 is 2.03 bits per heavy atom. The van der Waals surface area contributed by atoms with Crippen molar-refractivity contribution in [3.63, 3.8) is 0 Å². The third kappa shape index (κ3) is 5.07. The highest BCUT2D eigenvalue weighted by Crippen LogP contribution is 2.27. The minimum Gasteiger partial charge on any atom is -0.465 e. The SMILES string of the molecule is COC(=O)c1ccc(F)c(-c2[nH]ncc2C(=O)N[C@@H](CC(N)=O)c2cccc(Cl)c2)c1. The van der Waals surface area contributed by atoms with Crippen molar-refractivity contribution in [1.29, 1.82) is 0 Å². The number of amides is 2. The average Bonchev–Trinajstić information content (AvgIpc) is 3.22. The zero-order chi connectivity index (χ0) is 22.5. The van der Waals surface area contributed by atoms with Crippen LogP contribution in [0, 0.1) is 5.82 Å². The summed E-state index contributed by atoms with van der Waals surface area (Å²) >= 11 is 6.01. The molecule has 1 heterocycles. The number of esters is 1. The number of hydrogen-bond acceptors (Lipinski definition) is 5. The molecule has 0 fully saturated rings. The molecule has 0 unspecified atom stereocenters. The number of benzene rings is 2. The normalized spacial score (nSPS) is 11.6. The van der Waals surface area contributed by atoms with Crippen molar-refractivity contribution in [2.75, 3.05) is 7.11 Å². The molecule has 0 saturated heterocycles. The van der Waals surface area contributed by atoms with Gasteiger partial charge in [0.05, 0.1) is 42.6 Å². The van der Waals surface area contributed by atoms with Gasteiger partial charge in [0, 0.05) is 10.6 Å². The number of ether oxygens (including phenoxy) is 1. The molecule has 0 saturated carbocycles. The van der Waals surface area contributed by atoms with E-state index < -0.39 is 29.6 Å². The molecule has 0 aliphatic rings. The maximum atomic E-state index is 14.5. The second-order valence-corrected chi connectivity index (χ2v) is 7.03. The van der Waals surface area contributed by atoms with Gasteiger partial charge in [-0.15, -0.1) is 0 Å². The summed E-state index contributed by atoms with van der Waals surface area (Å²) in [5.74, 6) is -2.59. The van der Waals surface area contributed by atoms with E-state index in [4.69, 9.17) is 17.3 Å². The van der Waals surface area contributed by atoms with Crippen LogP contribution in [0.25, 0.3) is 11.3 Å². The van der Waals surface area contributed by atoms with Crippen LogP contribution in [-0.4, -0.2) is 35.1 Å². The number of carbonyl (C=O) groups excluding carboxylic acids is 3. The third-order valence-corrected chi connectivity index (χ3v) is 4.74. The van der Waals surface area contributed by atoms with Crippen molar-refractivity contribution in [1.82, 2.24) is 15.5 Å². The summed E-state index contributed by atoms with van der Waals surface area (Å²) in [6.45, 7) is 0. The van der Waals surface area contributed by atoms with Crippen molar-refractivity contribution in [2.45, 2.75) is 12.5 Å². The predicted molar refractivity (Wildman–Crippen MR) is 111 cm³/mol. The standard InChI is InChI=1S/C21H18ClFN4O4/c1-31-21(30)12-5-6-16(23)14(8-12)19-15(10-25-27-19)20(29)26-17(9-18(24)28)11-3-2-4-13(22)7-11/h2-8,10,17H,9H2,1H3,(H2,24,28)(H,25,27)(H,26,29)/t17-/m0/s1. The topological polar surface area (TPSA) is 127 Å². The molecule has 2 aromatic carbocycles. The van der Waals surface area contributed by atoms with Crippen LogP contribution in [0.4, 0.5) is 4.39 Å². The molecule has 0 aliphatic carbocycles. The van der Waals surface area contributed by atoms with Crippen LogP contribution in [-0.2, 0) is 9.53 Å². The average molecular weight is 445 g/mol. The van der Waals surface area contributed by atoms with E-state index in [2.05, 4.69) is 20.3 Å². The van der Waals surface area contributed by atoms with E-state index >= 15 is 0 Å². The molecule has 0 spiro atoms. The molecular formula is C21H18ClFN4O4. The van der Waals surface area contributed by atoms with Gasteiger partial charge in [0.1, 0.15) is 5.82 Å². The van der Waals surface area contributed by atoms with Gasteiger partial charge >= 0.3 is 5.97 Å². The van der Waals surface area contributed by atoms with Crippen LogP contribution < -0.4 is 11.1 Å². The highest BCUT2D eigenvalue weighted by atomic mass is 35.5. The number of halogens is 2. The molecule has 1 aromatic heterocycles. The fourth-order valence-corrected chi connectivity index (χ4v) is 3.24. The molecule has 0 radical (unpaired) electrons. The smallest absolute Gasteiger partial charge is 0.337 e. The quantitative estimate of drug-likeness (QED) is 0.483. The fourth-order valence-electron chi connectivity index (χ4n) is 3.04. The highest BCUT2D eigenvalue weighted by molar-refractivity contribution is 6.30. The summed E-state index contributed by atoms with van der Waals surface area (Å²) in [5, 5.41) is 9.53. The summed E-state index contributed by atoms with van der Waals surface area (Å²) in [5.41, 5.74) is 6.03. The Balaban J connectivity index is 1.94. The number of nitrogens with two attached hydrogens (primary N) is 1. The van der Waals surface area contributed by atoms with Gasteiger partial charge < -0.3 is 15.8 Å². The molecule has 0 aliphatic heterocycles. The first-order valence-corrected chi connectivity index (χ1v) is 9.44. The van der Waals surface area contributed by atoms with E-state index in [1.54, 1.807) is 24.3 Å². The number of H-pyrrole nitrogens is 1. The number of rotatable bonds is 7. The predicted octanol–water partition coefficient (Wildman–Crippen LogP) is 3.00. The van der Waals surface area contributed by atoms with Crippen LogP contribution in [0.3, 0.4) is 0 Å². The monoisotopic (exact) mass is 444 g/mol. The lowest BCUT2D eigenvalue weighted by atomic mass is 10.0. The summed E-state index contributed by atoms with van der Waals surface area (Å²) in [6, 6.07) is 9.46. The Morgan fingerprint density at radius 1 is 1.26 bits per heavy atom. The molecule has 31 heavy (non-hydrogen) atoms. The number of nitrogens with one attached hydrogen (secondary N) is 2. The number of hydrogen-bond donors (Lipinski definition) is 3. The first-order valence-electron chi connectivity index (χ1n) is 9.06. The number of aromatic nitrogens is 2. The van der Waals surface area contributed by atoms with Gasteiger partial charge in [-0.05, 0) is 35.9 Å². The number of aromatic amines is 1. The lowest BCUT2D eigenvalue weighted by molar-refractivity contribution is -0.118. The lowest BCUT2D eigenvalue weighted by Gasteiger charge is -2.18. The minimum atomic E-state index is -0.766. The molecule has 2 amide bonds. The Bertz CT molecular complexity index is 1150. The number of methoxy groups -OCH3 is 1. The third-order valence-electron chi connectivity index (χ3n) is 4.50. The zero-order valence-corrected chi connectivity index (χ0v) is 17.1. The van der Waals surface area contributed by atoms with Crippen LogP contribution in [0.5, 0.6) is 0 Å². The van der Waals surface area contributed by atoms with Crippen molar-refractivity contribution in [3.8, 4) is 11.3 Å².